The van der Waals surface area contributed by atoms with Gasteiger partial charge in [-0.3, -0.25) is 20.2 Å². The number of thiazole rings is 1. The van der Waals surface area contributed by atoms with Crippen LogP contribution in [0.15, 0.2) is 33.4 Å². The van der Waals surface area contributed by atoms with Crippen LogP contribution in [0, 0.1) is 10.1 Å². The van der Waals surface area contributed by atoms with Gasteiger partial charge in [-0.05, 0) is 28.1 Å². The summed E-state index contributed by atoms with van der Waals surface area (Å²) in [6.45, 7) is 0. The van der Waals surface area contributed by atoms with E-state index in [1.807, 2.05) is 0 Å². The third kappa shape index (κ3) is 3.03. The first kappa shape index (κ1) is 15.4. The molecule has 23 heavy (non-hydrogen) atoms. The molecule has 118 valence electrons. The molecule has 0 aliphatic heterocycles. The molecule has 1 N–H and O–H groups in total. The second-order valence-corrected chi connectivity index (χ2v) is 6.14. The van der Waals surface area contributed by atoms with E-state index in [1.54, 1.807) is 6.07 Å². The van der Waals surface area contributed by atoms with E-state index in [1.165, 1.54) is 25.3 Å². The summed E-state index contributed by atoms with van der Waals surface area (Å²) >= 11 is 4.22. The molecule has 3 aromatic rings. The van der Waals surface area contributed by atoms with Crippen LogP contribution in [0.4, 0.5) is 10.8 Å². The second-order valence-electron chi connectivity index (χ2n) is 4.33. The second kappa shape index (κ2) is 5.97. The van der Waals surface area contributed by atoms with Gasteiger partial charge in [-0.2, -0.15) is 0 Å². The Labute approximate surface area is 141 Å². The minimum atomic E-state index is -0.514. The normalized spacial score (nSPS) is 10.7. The van der Waals surface area contributed by atoms with Crippen molar-refractivity contribution >= 4 is 54.2 Å². The van der Waals surface area contributed by atoms with Gasteiger partial charge in [0.15, 0.2) is 21.3 Å². The molecule has 8 nitrogen and oxygen atoms in total. The first-order valence-corrected chi connectivity index (χ1v) is 7.78. The number of carbonyl (C=O) groups is 1. The van der Waals surface area contributed by atoms with Crippen LogP contribution in [-0.4, -0.2) is 22.9 Å². The Balaban J connectivity index is 1.96. The number of halogens is 1. The number of nitro benzene ring substituents is 1. The lowest BCUT2D eigenvalue weighted by Crippen LogP contribution is -2.10. The monoisotopic (exact) mass is 397 g/mol. The quantitative estimate of drug-likeness (QED) is 0.529. The fraction of sp³-hybridized carbons (Fsp3) is 0.0769. The number of nitrogens with one attached hydrogen (secondary N) is 1. The van der Waals surface area contributed by atoms with Gasteiger partial charge in [-0.1, -0.05) is 11.3 Å². The molecule has 0 radical (unpaired) electrons. The van der Waals surface area contributed by atoms with Crippen LogP contribution in [0.3, 0.4) is 0 Å². The number of nitro groups is 1. The Hall–Kier alpha value is -2.46. The van der Waals surface area contributed by atoms with Gasteiger partial charge in [-0.15, -0.1) is 0 Å². The van der Waals surface area contributed by atoms with Crippen LogP contribution in [0.1, 0.15) is 10.6 Å². The van der Waals surface area contributed by atoms with Crippen molar-refractivity contribution in [3.05, 3.63) is 44.8 Å². The van der Waals surface area contributed by atoms with Crippen LogP contribution in [0.2, 0.25) is 0 Å². The number of amides is 1. The molecule has 0 unspecified atom stereocenters. The van der Waals surface area contributed by atoms with Crippen molar-refractivity contribution in [1.82, 2.24) is 4.98 Å². The van der Waals surface area contributed by atoms with Crippen molar-refractivity contribution < 1.29 is 18.9 Å². The van der Waals surface area contributed by atoms with Gasteiger partial charge in [0.1, 0.15) is 5.52 Å². The zero-order valence-electron chi connectivity index (χ0n) is 11.5. The van der Waals surface area contributed by atoms with Crippen LogP contribution < -0.4 is 10.1 Å². The molecule has 0 saturated carbocycles. The van der Waals surface area contributed by atoms with Crippen molar-refractivity contribution in [1.29, 1.82) is 0 Å². The highest BCUT2D eigenvalue weighted by Crippen LogP contribution is 2.36. The number of non-ortho nitro benzene ring substituents is 1. The number of methoxy groups -OCH3 is 1. The number of carbonyl (C=O) groups excluding carboxylic acids is 1. The van der Waals surface area contributed by atoms with Crippen molar-refractivity contribution in [2.45, 2.75) is 0 Å². The molecule has 0 fully saturated rings. The lowest BCUT2D eigenvalue weighted by atomic mass is 10.3. The Morgan fingerprint density at radius 3 is 2.87 bits per heavy atom. The van der Waals surface area contributed by atoms with Gasteiger partial charge in [0.05, 0.1) is 22.8 Å². The topological polar surface area (TPSA) is 108 Å². The zero-order valence-corrected chi connectivity index (χ0v) is 13.9. The van der Waals surface area contributed by atoms with Crippen molar-refractivity contribution in [2.24, 2.45) is 0 Å². The maximum absolute atomic E-state index is 12.0. The summed E-state index contributed by atoms with van der Waals surface area (Å²) in [5.74, 6) is -0.0796. The third-order valence-corrected chi connectivity index (χ3v) is 4.24. The Kier molecular flexibility index (Phi) is 4.01. The number of nitrogens with zero attached hydrogens (tertiary/aromatic N) is 2. The molecular formula is C13H8BrN3O5S. The molecule has 2 aromatic heterocycles. The number of hydrogen-bond acceptors (Lipinski definition) is 7. The van der Waals surface area contributed by atoms with E-state index in [2.05, 4.69) is 26.2 Å². The first-order chi connectivity index (χ1) is 11.0. The highest BCUT2D eigenvalue weighted by atomic mass is 79.9. The average Bonchev–Trinajstić information content (AvgIpc) is 3.11. The minimum absolute atomic E-state index is 0.106. The average molecular weight is 398 g/mol. The zero-order chi connectivity index (χ0) is 16.6. The summed E-state index contributed by atoms with van der Waals surface area (Å²) in [5.41, 5.74) is 0.338. The molecule has 0 aliphatic rings. The standard InChI is InChI=1S/C13H8BrN3O5S/c1-21-8-4-6(17(19)20)5-9-11(8)15-13(23-9)16-12(18)7-2-3-10(14)22-7/h2-5H,1H3,(H,15,16,18). The molecule has 0 aliphatic carbocycles. The number of fused-ring (bicyclic) bond motifs is 1. The highest BCUT2D eigenvalue weighted by Gasteiger charge is 2.18. The third-order valence-electron chi connectivity index (χ3n) is 2.89. The number of ether oxygens (including phenoxy) is 1. The largest absolute Gasteiger partial charge is 0.494 e. The Bertz CT molecular complexity index is 920. The van der Waals surface area contributed by atoms with E-state index in [4.69, 9.17) is 9.15 Å². The lowest BCUT2D eigenvalue weighted by molar-refractivity contribution is -0.384. The van der Waals surface area contributed by atoms with E-state index < -0.39 is 10.8 Å². The van der Waals surface area contributed by atoms with E-state index in [9.17, 15) is 14.9 Å². The Morgan fingerprint density at radius 2 is 2.26 bits per heavy atom. The van der Waals surface area contributed by atoms with Gasteiger partial charge in [0.25, 0.3) is 11.6 Å². The first-order valence-electron chi connectivity index (χ1n) is 6.17. The molecule has 3 rings (SSSR count). The summed E-state index contributed by atoms with van der Waals surface area (Å²) in [6.07, 6.45) is 0. The SMILES string of the molecule is COc1cc([N+](=O)[O-])cc2sc(NC(=O)c3ccc(Br)o3)nc12. The van der Waals surface area contributed by atoms with E-state index in [0.717, 1.165) is 11.3 Å². The van der Waals surface area contributed by atoms with Crippen LogP contribution in [0.5, 0.6) is 5.75 Å². The van der Waals surface area contributed by atoms with Crippen LogP contribution in [0.25, 0.3) is 10.2 Å². The minimum Gasteiger partial charge on any atom is -0.494 e. The smallest absolute Gasteiger partial charge is 0.293 e. The number of benzene rings is 1. The van der Waals surface area contributed by atoms with Crippen LogP contribution in [-0.2, 0) is 0 Å². The molecule has 0 atom stereocenters. The van der Waals surface area contributed by atoms with E-state index in [0.29, 0.717) is 14.9 Å². The van der Waals surface area contributed by atoms with Crippen molar-refractivity contribution in [3.8, 4) is 5.75 Å². The van der Waals surface area contributed by atoms with Crippen molar-refractivity contribution in [3.63, 3.8) is 0 Å². The fourth-order valence-corrected chi connectivity index (χ4v) is 3.11. The molecule has 10 heteroatoms. The summed E-state index contributed by atoms with van der Waals surface area (Å²) < 4.78 is 11.3. The molecular weight excluding hydrogens is 390 g/mol. The maximum atomic E-state index is 12.0. The number of hydrogen-bond donors (Lipinski definition) is 1. The molecule has 2 heterocycles. The number of furan rings is 1. The summed E-state index contributed by atoms with van der Waals surface area (Å²) in [5, 5.41) is 13.8. The highest BCUT2D eigenvalue weighted by molar-refractivity contribution is 9.10. The Morgan fingerprint density at radius 1 is 1.48 bits per heavy atom. The van der Waals surface area contributed by atoms with E-state index >= 15 is 0 Å². The fourth-order valence-electron chi connectivity index (χ4n) is 1.89. The van der Waals surface area contributed by atoms with Gasteiger partial charge >= 0.3 is 0 Å². The summed E-state index contributed by atoms with van der Waals surface area (Å²) in [6, 6.07) is 5.78. The predicted octanol–water partition coefficient (Wildman–Crippen LogP) is 3.82. The molecule has 0 saturated heterocycles. The summed E-state index contributed by atoms with van der Waals surface area (Å²) in [4.78, 5) is 26.7. The number of anilines is 1. The molecule has 0 spiro atoms. The van der Waals surface area contributed by atoms with Crippen LogP contribution >= 0.6 is 27.3 Å². The number of rotatable bonds is 4. The predicted molar refractivity (Wildman–Crippen MR) is 87.2 cm³/mol. The lowest BCUT2D eigenvalue weighted by Gasteiger charge is -2.00. The number of aromatic nitrogens is 1. The van der Waals surface area contributed by atoms with Gasteiger partial charge in [-0.25, -0.2) is 4.98 Å². The molecule has 0 bridgehead atoms. The maximum Gasteiger partial charge on any atom is 0.293 e. The van der Waals surface area contributed by atoms with Crippen molar-refractivity contribution in [2.75, 3.05) is 12.4 Å². The molecule has 1 amide bonds. The van der Waals surface area contributed by atoms with Gasteiger partial charge in [0.2, 0.25) is 0 Å². The molecule has 1 aromatic carbocycles. The van der Waals surface area contributed by atoms with E-state index in [-0.39, 0.29) is 22.3 Å². The summed E-state index contributed by atoms with van der Waals surface area (Å²) in [7, 11) is 1.40. The van der Waals surface area contributed by atoms with Gasteiger partial charge < -0.3 is 9.15 Å². The van der Waals surface area contributed by atoms with Gasteiger partial charge in [0, 0.05) is 6.07 Å².